The fraction of sp³-hybridized carbons (Fsp3) is 0.467. The van der Waals surface area contributed by atoms with Crippen LogP contribution in [-0.4, -0.2) is 47.6 Å². The highest BCUT2D eigenvalue weighted by molar-refractivity contribution is 9.10. The van der Waals surface area contributed by atoms with Crippen molar-refractivity contribution in [2.45, 2.75) is 25.3 Å². The number of likely N-dealkylation sites (tertiary alicyclic amines) is 1. The normalized spacial score (nSPS) is 18.4. The third-order valence-corrected chi connectivity index (χ3v) is 4.14. The van der Waals surface area contributed by atoms with Gasteiger partial charge in [0, 0.05) is 16.6 Å². The number of amides is 2. The van der Waals surface area contributed by atoms with E-state index in [4.69, 9.17) is 0 Å². The van der Waals surface area contributed by atoms with E-state index in [0.29, 0.717) is 12.1 Å². The molecule has 2 rings (SSSR count). The number of aliphatic hydroxyl groups is 1. The highest BCUT2D eigenvalue weighted by atomic mass is 79.9. The van der Waals surface area contributed by atoms with E-state index in [9.17, 15) is 14.7 Å². The summed E-state index contributed by atoms with van der Waals surface area (Å²) in [6, 6.07) is 6.89. The number of nitrogens with zero attached hydrogens (tertiary/aromatic N) is 1. The summed E-state index contributed by atoms with van der Waals surface area (Å²) in [7, 11) is 0. The topological polar surface area (TPSA) is 69.6 Å². The van der Waals surface area contributed by atoms with Crippen molar-refractivity contribution < 1.29 is 14.7 Å². The van der Waals surface area contributed by atoms with Crippen molar-refractivity contribution in [3.8, 4) is 0 Å². The van der Waals surface area contributed by atoms with Crippen molar-refractivity contribution in [2.75, 3.05) is 19.7 Å². The van der Waals surface area contributed by atoms with Gasteiger partial charge in [0.05, 0.1) is 19.2 Å². The summed E-state index contributed by atoms with van der Waals surface area (Å²) in [5, 5.41) is 11.9. The van der Waals surface area contributed by atoms with E-state index < -0.39 is 0 Å². The van der Waals surface area contributed by atoms with Gasteiger partial charge in [-0.15, -0.1) is 0 Å². The molecular weight excluding hydrogens is 336 g/mol. The Morgan fingerprint density at radius 2 is 2.19 bits per heavy atom. The molecule has 0 bridgehead atoms. The molecule has 1 unspecified atom stereocenters. The maximum atomic E-state index is 12.2. The SMILES string of the molecule is O=C(NCC(=O)N1CCCCC1CO)c1cccc(Br)c1. The summed E-state index contributed by atoms with van der Waals surface area (Å²) in [4.78, 5) is 25.8. The van der Waals surface area contributed by atoms with E-state index in [1.54, 1.807) is 23.1 Å². The zero-order valence-electron chi connectivity index (χ0n) is 11.7. The number of piperidine rings is 1. The molecule has 21 heavy (non-hydrogen) atoms. The Morgan fingerprint density at radius 1 is 1.38 bits per heavy atom. The number of rotatable bonds is 4. The third kappa shape index (κ3) is 4.28. The van der Waals surface area contributed by atoms with Crippen molar-refractivity contribution >= 4 is 27.7 Å². The predicted molar refractivity (Wildman–Crippen MR) is 82.9 cm³/mol. The molecular formula is C15H19BrN2O3. The minimum Gasteiger partial charge on any atom is -0.394 e. The van der Waals surface area contributed by atoms with E-state index in [2.05, 4.69) is 21.2 Å². The summed E-state index contributed by atoms with van der Waals surface area (Å²) in [6.45, 7) is 0.587. The van der Waals surface area contributed by atoms with Crippen molar-refractivity contribution in [3.63, 3.8) is 0 Å². The van der Waals surface area contributed by atoms with Crippen LogP contribution in [0.25, 0.3) is 0 Å². The molecule has 1 aromatic carbocycles. The summed E-state index contributed by atoms with van der Waals surface area (Å²) in [6.07, 6.45) is 2.79. The van der Waals surface area contributed by atoms with Crippen LogP contribution in [0.3, 0.4) is 0 Å². The second kappa shape index (κ2) is 7.56. The molecule has 2 amide bonds. The number of aliphatic hydroxyl groups excluding tert-OH is 1. The van der Waals surface area contributed by atoms with Crippen molar-refractivity contribution in [1.82, 2.24) is 10.2 Å². The summed E-state index contributed by atoms with van der Waals surface area (Å²) in [5.41, 5.74) is 0.509. The lowest BCUT2D eigenvalue weighted by molar-refractivity contribution is -0.134. The molecule has 0 spiro atoms. The van der Waals surface area contributed by atoms with Crippen LogP contribution in [0.15, 0.2) is 28.7 Å². The number of carbonyl (C=O) groups excluding carboxylic acids is 2. The first-order chi connectivity index (χ1) is 10.1. The van der Waals surface area contributed by atoms with Gasteiger partial charge in [-0.1, -0.05) is 22.0 Å². The predicted octanol–water partition coefficient (Wildman–Crippen LogP) is 1.55. The Hall–Kier alpha value is -1.40. The van der Waals surface area contributed by atoms with Gasteiger partial charge < -0.3 is 15.3 Å². The van der Waals surface area contributed by atoms with E-state index in [-0.39, 0.29) is 31.0 Å². The van der Waals surface area contributed by atoms with E-state index >= 15 is 0 Å². The Bertz CT molecular complexity index is 521. The van der Waals surface area contributed by atoms with Gasteiger partial charge in [0.1, 0.15) is 0 Å². The molecule has 2 N–H and O–H groups in total. The molecule has 1 fully saturated rings. The maximum absolute atomic E-state index is 12.2. The quantitative estimate of drug-likeness (QED) is 0.861. The minimum atomic E-state index is -0.276. The first-order valence-corrected chi connectivity index (χ1v) is 7.85. The van der Waals surface area contributed by atoms with Gasteiger partial charge >= 0.3 is 0 Å². The van der Waals surface area contributed by atoms with E-state index in [0.717, 1.165) is 23.7 Å². The molecule has 1 aromatic rings. The van der Waals surface area contributed by atoms with Gasteiger partial charge in [0.25, 0.3) is 5.91 Å². The maximum Gasteiger partial charge on any atom is 0.251 e. The fourth-order valence-corrected chi connectivity index (χ4v) is 2.91. The second-order valence-electron chi connectivity index (χ2n) is 5.11. The molecule has 114 valence electrons. The second-order valence-corrected chi connectivity index (χ2v) is 6.03. The highest BCUT2D eigenvalue weighted by Gasteiger charge is 2.26. The number of hydrogen-bond donors (Lipinski definition) is 2. The Labute approximate surface area is 132 Å². The van der Waals surface area contributed by atoms with Crippen LogP contribution >= 0.6 is 15.9 Å². The molecule has 1 saturated heterocycles. The molecule has 6 heteroatoms. The van der Waals surface area contributed by atoms with Gasteiger partial charge in [0.15, 0.2) is 0 Å². The Morgan fingerprint density at radius 3 is 2.90 bits per heavy atom. The molecule has 5 nitrogen and oxygen atoms in total. The van der Waals surface area contributed by atoms with Gasteiger partial charge in [-0.05, 0) is 37.5 Å². The van der Waals surface area contributed by atoms with Crippen molar-refractivity contribution in [3.05, 3.63) is 34.3 Å². The number of halogens is 1. The van der Waals surface area contributed by atoms with E-state index in [1.807, 2.05) is 6.07 Å². The molecule has 1 aliphatic rings. The van der Waals surface area contributed by atoms with Crippen LogP contribution in [0.5, 0.6) is 0 Å². The number of benzene rings is 1. The number of hydrogen-bond acceptors (Lipinski definition) is 3. The van der Waals surface area contributed by atoms with Gasteiger partial charge in [-0.25, -0.2) is 0 Å². The summed E-state index contributed by atoms with van der Waals surface area (Å²) >= 11 is 3.31. The van der Waals surface area contributed by atoms with Crippen LogP contribution in [0.4, 0.5) is 0 Å². The Balaban J connectivity index is 1.90. The molecule has 0 aromatic heterocycles. The lowest BCUT2D eigenvalue weighted by atomic mass is 10.0. The smallest absolute Gasteiger partial charge is 0.251 e. The van der Waals surface area contributed by atoms with Crippen molar-refractivity contribution in [1.29, 1.82) is 0 Å². The average Bonchev–Trinajstić information content (AvgIpc) is 2.52. The summed E-state index contributed by atoms with van der Waals surface area (Å²) in [5.74, 6) is -0.417. The molecule has 0 aliphatic carbocycles. The van der Waals surface area contributed by atoms with E-state index in [1.165, 1.54) is 0 Å². The van der Waals surface area contributed by atoms with Crippen LogP contribution in [0, 0.1) is 0 Å². The largest absolute Gasteiger partial charge is 0.394 e. The van der Waals surface area contributed by atoms with Gasteiger partial charge in [-0.3, -0.25) is 9.59 Å². The third-order valence-electron chi connectivity index (χ3n) is 3.65. The van der Waals surface area contributed by atoms with Crippen LogP contribution in [0.2, 0.25) is 0 Å². The number of carbonyl (C=O) groups is 2. The zero-order valence-corrected chi connectivity index (χ0v) is 13.3. The molecule has 0 radical (unpaired) electrons. The van der Waals surface area contributed by atoms with Crippen LogP contribution < -0.4 is 5.32 Å². The number of nitrogens with one attached hydrogen (secondary N) is 1. The monoisotopic (exact) mass is 354 g/mol. The highest BCUT2D eigenvalue weighted by Crippen LogP contribution is 2.16. The van der Waals surface area contributed by atoms with Gasteiger partial charge in [-0.2, -0.15) is 0 Å². The molecule has 1 atom stereocenters. The lowest BCUT2D eigenvalue weighted by Crippen LogP contribution is -2.49. The first-order valence-electron chi connectivity index (χ1n) is 7.06. The fourth-order valence-electron chi connectivity index (χ4n) is 2.51. The van der Waals surface area contributed by atoms with Gasteiger partial charge in [0.2, 0.25) is 5.91 Å². The van der Waals surface area contributed by atoms with Crippen molar-refractivity contribution in [2.24, 2.45) is 0 Å². The molecule has 1 aliphatic heterocycles. The first kappa shape index (κ1) is 16.0. The van der Waals surface area contributed by atoms with Crippen LogP contribution in [-0.2, 0) is 4.79 Å². The molecule has 0 saturated carbocycles. The zero-order chi connectivity index (χ0) is 15.2. The van der Waals surface area contributed by atoms with Crippen LogP contribution in [0.1, 0.15) is 29.6 Å². The average molecular weight is 355 g/mol. The minimum absolute atomic E-state index is 0.0225. The Kier molecular flexibility index (Phi) is 5.76. The molecule has 1 heterocycles. The summed E-state index contributed by atoms with van der Waals surface area (Å²) < 4.78 is 0.817. The standard InChI is InChI=1S/C15H19BrN2O3/c16-12-5-3-4-11(8-12)15(21)17-9-14(20)18-7-2-1-6-13(18)10-19/h3-5,8,13,19H,1-2,6-7,9-10H2,(H,17,21). The lowest BCUT2D eigenvalue weighted by Gasteiger charge is -2.34.